The molecular weight excluding hydrogens is 535 g/mol. The minimum Gasteiger partial charge on any atom is -0.356 e. The molecule has 0 aliphatic carbocycles. The van der Waals surface area contributed by atoms with E-state index in [1.807, 2.05) is 43.3 Å². The minimum absolute atomic E-state index is 0.0451. The van der Waals surface area contributed by atoms with E-state index in [0.29, 0.717) is 61.8 Å². The number of carbonyl (C=O) groups excluding carboxylic acids is 3. The zero-order valence-electron chi connectivity index (χ0n) is 22.7. The van der Waals surface area contributed by atoms with Crippen LogP contribution in [0.15, 0.2) is 48.5 Å². The minimum atomic E-state index is -0.786. The van der Waals surface area contributed by atoms with Gasteiger partial charge in [-0.05, 0) is 68.8 Å². The number of nitrogens with two attached hydrogens (primary N) is 1. The van der Waals surface area contributed by atoms with E-state index < -0.39 is 11.5 Å². The molecule has 0 spiro atoms. The summed E-state index contributed by atoms with van der Waals surface area (Å²) < 4.78 is 0. The predicted octanol–water partition coefficient (Wildman–Crippen LogP) is 4.53. The van der Waals surface area contributed by atoms with E-state index in [2.05, 4.69) is 10.6 Å². The van der Waals surface area contributed by atoms with Crippen molar-refractivity contribution in [3.8, 4) is 0 Å². The lowest BCUT2D eigenvalue weighted by atomic mass is 9.74. The van der Waals surface area contributed by atoms with Crippen molar-refractivity contribution in [1.29, 1.82) is 0 Å². The van der Waals surface area contributed by atoms with Gasteiger partial charge in [0.15, 0.2) is 0 Å². The van der Waals surface area contributed by atoms with Crippen molar-refractivity contribution in [2.24, 2.45) is 11.1 Å². The number of piperidine rings is 1. The zero-order chi connectivity index (χ0) is 28.3. The van der Waals surface area contributed by atoms with Gasteiger partial charge in [-0.2, -0.15) is 0 Å². The van der Waals surface area contributed by atoms with Crippen LogP contribution in [-0.4, -0.2) is 54.8 Å². The molecule has 4 N–H and O–H groups in total. The maximum atomic E-state index is 14.0. The van der Waals surface area contributed by atoms with Gasteiger partial charge in [0.05, 0.1) is 15.5 Å². The van der Waals surface area contributed by atoms with Gasteiger partial charge in [0.1, 0.15) is 6.04 Å². The molecule has 0 bridgehead atoms. The highest BCUT2D eigenvalue weighted by Gasteiger charge is 2.44. The quantitative estimate of drug-likeness (QED) is 0.306. The third-order valence-corrected chi connectivity index (χ3v) is 8.00. The van der Waals surface area contributed by atoms with Crippen LogP contribution in [0.2, 0.25) is 10.0 Å². The second-order valence-electron chi connectivity index (χ2n) is 10.3. The number of amides is 3. The molecule has 212 valence electrons. The summed E-state index contributed by atoms with van der Waals surface area (Å²) in [6, 6.07) is 14.3. The summed E-state index contributed by atoms with van der Waals surface area (Å²) in [5.74, 6) is -0.421. The maximum Gasteiger partial charge on any atom is 0.245 e. The van der Waals surface area contributed by atoms with Gasteiger partial charge in [-0.15, -0.1) is 0 Å². The Bertz CT molecular complexity index is 1110. The van der Waals surface area contributed by atoms with Gasteiger partial charge in [-0.3, -0.25) is 14.4 Å². The number of nitrogens with one attached hydrogen (secondary N) is 2. The molecule has 1 aliphatic rings. The van der Waals surface area contributed by atoms with Gasteiger partial charge in [-0.25, -0.2) is 0 Å². The van der Waals surface area contributed by atoms with Gasteiger partial charge in [0, 0.05) is 32.5 Å². The summed E-state index contributed by atoms with van der Waals surface area (Å²) in [5, 5.41) is 6.79. The smallest absolute Gasteiger partial charge is 0.245 e. The van der Waals surface area contributed by atoms with Crippen LogP contribution in [0.3, 0.4) is 0 Å². The number of unbranched alkanes of at least 4 members (excludes halogenated alkanes) is 2. The highest BCUT2D eigenvalue weighted by Crippen LogP contribution is 2.35. The molecular formula is C30H40Cl2N4O3. The summed E-state index contributed by atoms with van der Waals surface area (Å²) in [6.45, 7) is 3.82. The standard InChI is InChI=1S/C30H40Cl2N4O3/c1-2-34-29(39)30(20-22-10-5-3-6-11-22)15-9-17-36(21-30)28(38)26(35-27(37)12-7-4-8-16-33)19-23-13-14-24(31)25(32)18-23/h3,5-6,10-11,13-14,18,26H,2,4,7-9,12,15-17,19-21,33H2,1H3,(H,34,39)(H,35,37)/t26?,30-/m0/s1. The number of rotatable bonds is 13. The first-order chi connectivity index (χ1) is 18.8. The Morgan fingerprint density at radius 1 is 1.03 bits per heavy atom. The van der Waals surface area contributed by atoms with Gasteiger partial charge in [-0.1, -0.05) is 66.0 Å². The van der Waals surface area contributed by atoms with Crippen molar-refractivity contribution in [1.82, 2.24) is 15.5 Å². The first-order valence-corrected chi connectivity index (χ1v) is 14.6. The van der Waals surface area contributed by atoms with E-state index in [-0.39, 0.29) is 30.7 Å². The molecule has 3 rings (SSSR count). The second kappa shape index (κ2) is 15.2. The lowest BCUT2D eigenvalue weighted by Gasteiger charge is -2.43. The lowest BCUT2D eigenvalue weighted by molar-refractivity contribution is -0.144. The summed E-state index contributed by atoms with van der Waals surface area (Å²) in [7, 11) is 0. The average molecular weight is 576 g/mol. The summed E-state index contributed by atoms with van der Waals surface area (Å²) in [4.78, 5) is 42.0. The van der Waals surface area contributed by atoms with Crippen molar-refractivity contribution in [3.63, 3.8) is 0 Å². The van der Waals surface area contributed by atoms with Crippen LogP contribution in [0.25, 0.3) is 0 Å². The summed E-state index contributed by atoms with van der Waals surface area (Å²) in [6.07, 6.45) is 4.93. The molecule has 0 aromatic heterocycles. The zero-order valence-corrected chi connectivity index (χ0v) is 24.2. The van der Waals surface area contributed by atoms with E-state index in [4.69, 9.17) is 28.9 Å². The van der Waals surface area contributed by atoms with Crippen LogP contribution in [-0.2, 0) is 27.2 Å². The fourth-order valence-corrected chi connectivity index (χ4v) is 5.58. The number of carbonyl (C=O) groups is 3. The van der Waals surface area contributed by atoms with Crippen molar-refractivity contribution in [2.75, 3.05) is 26.2 Å². The first-order valence-electron chi connectivity index (χ1n) is 13.8. The van der Waals surface area contributed by atoms with Gasteiger partial charge in [0.25, 0.3) is 0 Å². The molecule has 2 aromatic rings. The number of benzene rings is 2. The molecule has 39 heavy (non-hydrogen) atoms. The van der Waals surface area contributed by atoms with Crippen molar-refractivity contribution in [3.05, 3.63) is 69.7 Å². The monoisotopic (exact) mass is 574 g/mol. The molecule has 9 heteroatoms. The molecule has 0 saturated carbocycles. The lowest BCUT2D eigenvalue weighted by Crippen LogP contribution is -2.58. The number of nitrogens with zero attached hydrogens (tertiary/aromatic N) is 1. The Balaban J connectivity index is 1.83. The largest absolute Gasteiger partial charge is 0.356 e. The molecule has 1 fully saturated rings. The molecule has 3 amide bonds. The Morgan fingerprint density at radius 2 is 1.79 bits per heavy atom. The van der Waals surface area contributed by atoms with E-state index >= 15 is 0 Å². The van der Waals surface area contributed by atoms with Crippen LogP contribution >= 0.6 is 23.2 Å². The molecule has 1 heterocycles. The maximum absolute atomic E-state index is 14.0. The second-order valence-corrected chi connectivity index (χ2v) is 11.2. The molecule has 1 saturated heterocycles. The topological polar surface area (TPSA) is 105 Å². The van der Waals surface area contributed by atoms with Crippen LogP contribution in [0.5, 0.6) is 0 Å². The third kappa shape index (κ3) is 8.95. The molecule has 7 nitrogen and oxygen atoms in total. The molecule has 1 aliphatic heterocycles. The van der Waals surface area contributed by atoms with Crippen LogP contribution in [0, 0.1) is 5.41 Å². The van der Waals surface area contributed by atoms with Crippen molar-refractivity contribution in [2.45, 2.75) is 64.3 Å². The fourth-order valence-electron chi connectivity index (χ4n) is 5.26. The Morgan fingerprint density at radius 3 is 2.49 bits per heavy atom. The third-order valence-electron chi connectivity index (χ3n) is 7.26. The number of hydrogen-bond acceptors (Lipinski definition) is 4. The molecule has 2 aromatic carbocycles. The Hall–Kier alpha value is -2.61. The predicted molar refractivity (Wildman–Crippen MR) is 157 cm³/mol. The van der Waals surface area contributed by atoms with Crippen molar-refractivity contribution < 1.29 is 14.4 Å². The Labute approximate surface area is 241 Å². The number of hydrogen-bond donors (Lipinski definition) is 3. The highest BCUT2D eigenvalue weighted by atomic mass is 35.5. The van der Waals surface area contributed by atoms with E-state index in [1.165, 1.54) is 0 Å². The van der Waals surface area contributed by atoms with Gasteiger partial charge < -0.3 is 21.3 Å². The van der Waals surface area contributed by atoms with Gasteiger partial charge >= 0.3 is 0 Å². The van der Waals surface area contributed by atoms with E-state index in [9.17, 15) is 14.4 Å². The SMILES string of the molecule is CCNC(=O)[C@]1(Cc2ccccc2)CCCN(C(=O)C(Cc2ccc(Cl)c(Cl)c2)NC(=O)CCCCCN)C1. The van der Waals surface area contributed by atoms with Crippen molar-refractivity contribution >= 4 is 40.9 Å². The fraction of sp³-hybridized carbons (Fsp3) is 0.500. The first kappa shape index (κ1) is 30.9. The van der Waals surface area contributed by atoms with E-state index in [1.54, 1.807) is 17.0 Å². The molecule has 1 unspecified atom stereocenters. The van der Waals surface area contributed by atoms with Crippen LogP contribution < -0.4 is 16.4 Å². The average Bonchev–Trinajstić information content (AvgIpc) is 2.93. The normalized spacial score (nSPS) is 17.9. The molecule has 0 radical (unpaired) electrons. The molecule has 2 atom stereocenters. The summed E-state index contributed by atoms with van der Waals surface area (Å²) >= 11 is 12.3. The van der Waals surface area contributed by atoms with E-state index in [0.717, 1.165) is 24.0 Å². The Kier molecular flexibility index (Phi) is 12.1. The number of halogens is 2. The van der Waals surface area contributed by atoms with Gasteiger partial charge in [0.2, 0.25) is 17.7 Å². The highest BCUT2D eigenvalue weighted by molar-refractivity contribution is 6.42. The summed E-state index contributed by atoms with van der Waals surface area (Å²) in [5.41, 5.74) is 6.67. The van der Waals surface area contributed by atoms with Crippen LogP contribution in [0.4, 0.5) is 0 Å². The van der Waals surface area contributed by atoms with Crippen LogP contribution in [0.1, 0.15) is 56.6 Å². The number of likely N-dealkylation sites (tertiary alicyclic amines) is 1.